The van der Waals surface area contributed by atoms with Crippen LogP contribution in [-0.4, -0.2) is 55.9 Å². The van der Waals surface area contributed by atoms with Gasteiger partial charge >= 0.3 is 0 Å². The lowest BCUT2D eigenvalue weighted by molar-refractivity contribution is -0.132. The highest BCUT2D eigenvalue weighted by atomic mass is 32.2. The third-order valence-corrected chi connectivity index (χ3v) is 5.56. The molecule has 0 aromatic carbocycles. The lowest BCUT2D eigenvalue weighted by atomic mass is 10.1. The molecule has 2 atom stereocenters. The monoisotopic (exact) mass is 284 g/mol. The topological polar surface area (TPSA) is 66.5 Å². The molecule has 2 saturated heterocycles. The van der Waals surface area contributed by atoms with Crippen LogP contribution in [0.5, 0.6) is 0 Å². The lowest BCUT2D eigenvalue weighted by Gasteiger charge is -2.27. The van der Waals surface area contributed by atoms with Crippen molar-refractivity contribution in [2.24, 2.45) is 0 Å². The van der Waals surface area contributed by atoms with Gasteiger partial charge in [-0.15, -0.1) is 6.42 Å². The number of rotatable bonds is 4. The maximum atomic E-state index is 12.3. The SMILES string of the molecule is C#CCN(C(=O)CC1CCCN1)C1CCS(=O)(=O)C1. The van der Waals surface area contributed by atoms with Crippen LogP contribution in [0.15, 0.2) is 0 Å². The van der Waals surface area contributed by atoms with Crippen molar-refractivity contribution in [2.45, 2.75) is 37.8 Å². The van der Waals surface area contributed by atoms with E-state index < -0.39 is 9.84 Å². The molecule has 1 amide bonds. The number of amides is 1. The molecule has 106 valence electrons. The van der Waals surface area contributed by atoms with E-state index in [1.165, 1.54) is 0 Å². The maximum absolute atomic E-state index is 12.3. The van der Waals surface area contributed by atoms with Crippen LogP contribution in [0, 0.1) is 12.3 Å². The molecule has 0 aliphatic carbocycles. The number of hydrogen-bond donors (Lipinski definition) is 1. The summed E-state index contributed by atoms with van der Waals surface area (Å²) < 4.78 is 23.0. The fourth-order valence-corrected chi connectivity index (χ4v) is 4.53. The number of sulfone groups is 1. The molecular weight excluding hydrogens is 264 g/mol. The molecule has 2 aliphatic rings. The van der Waals surface area contributed by atoms with Gasteiger partial charge in [0.2, 0.25) is 5.91 Å². The number of nitrogens with one attached hydrogen (secondary N) is 1. The third-order valence-electron chi connectivity index (χ3n) is 3.81. The van der Waals surface area contributed by atoms with Gasteiger partial charge in [-0.3, -0.25) is 4.79 Å². The Kier molecular flexibility index (Phi) is 4.48. The molecule has 19 heavy (non-hydrogen) atoms. The molecule has 1 N–H and O–H groups in total. The van der Waals surface area contributed by atoms with Gasteiger partial charge in [-0.25, -0.2) is 8.42 Å². The van der Waals surface area contributed by atoms with Crippen LogP contribution >= 0.6 is 0 Å². The molecule has 2 rings (SSSR count). The van der Waals surface area contributed by atoms with Crippen molar-refractivity contribution in [3.63, 3.8) is 0 Å². The van der Waals surface area contributed by atoms with Gasteiger partial charge < -0.3 is 10.2 Å². The van der Waals surface area contributed by atoms with Crippen molar-refractivity contribution in [3.05, 3.63) is 0 Å². The molecule has 2 heterocycles. The van der Waals surface area contributed by atoms with Gasteiger partial charge in [-0.05, 0) is 25.8 Å². The van der Waals surface area contributed by atoms with Gasteiger partial charge in [0.1, 0.15) is 0 Å². The molecule has 0 spiro atoms. The summed E-state index contributed by atoms with van der Waals surface area (Å²) >= 11 is 0. The molecular formula is C13H20N2O3S. The van der Waals surface area contributed by atoms with E-state index in [1.54, 1.807) is 4.90 Å². The Hall–Kier alpha value is -1.06. The number of hydrogen-bond acceptors (Lipinski definition) is 4. The first-order valence-corrected chi connectivity index (χ1v) is 8.51. The van der Waals surface area contributed by atoms with E-state index in [2.05, 4.69) is 11.2 Å². The van der Waals surface area contributed by atoms with Gasteiger partial charge in [0.25, 0.3) is 0 Å². The van der Waals surface area contributed by atoms with E-state index >= 15 is 0 Å². The van der Waals surface area contributed by atoms with Crippen LogP contribution < -0.4 is 5.32 Å². The average molecular weight is 284 g/mol. The summed E-state index contributed by atoms with van der Waals surface area (Å²) in [7, 11) is -3.00. The molecule has 0 saturated carbocycles. The number of carbonyl (C=O) groups excluding carboxylic acids is 1. The molecule has 0 aromatic rings. The smallest absolute Gasteiger partial charge is 0.225 e. The largest absolute Gasteiger partial charge is 0.327 e. The Labute approximate surface area is 114 Å². The summed E-state index contributed by atoms with van der Waals surface area (Å²) in [4.78, 5) is 13.9. The molecule has 2 unspecified atom stereocenters. The van der Waals surface area contributed by atoms with Crippen LogP contribution in [0.25, 0.3) is 0 Å². The van der Waals surface area contributed by atoms with Gasteiger partial charge in [0.05, 0.1) is 18.1 Å². The Morgan fingerprint density at radius 3 is 2.74 bits per heavy atom. The summed E-state index contributed by atoms with van der Waals surface area (Å²) in [6.45, 7) is 1.15. The minimum atomic E-state index is -3.00. The fourth-order valence-electron chi connectivity index (χ4n) is 2.80. The van der Waals surface area contributed by atoms with Crippen LogP contribution in [0.4, 0.5) is 0 Å². The Morgan fingerprint density at radius 1 is 1.42 bits per heavy atom. The number of carbonyl (C=O) groups is 1. The van der Waals surface area contributed by atoms with E-state index in [0.717, 1.165) is 19.4 Å². The van der Waals surface area contributed by atoms with Gasteiger partial charge in [-0.1, -0.05) is 5.92 Å². The van der Waals surface area contributed by atoms with Crippen LogP contribution in [-0.2, 0) is 14.6 Å². The first kappa shape index (κ1) is 14.4. The fraction of sp³-hybridized carbons (Fsp3) is 0.769. The summed E-state index contributed by atoms with van der Waals surface area (Å²) in [6, 6.07) is -0.0271. The molecule has 2 aliphatic heterocycles. The highest BCUT2D eigenvalue weighted by molar-refractivity contribution is 7.91. The van der Waals surface area contributed by atoms with Crippen molar-refractivity contribution in [3.8, 4) is 12.3 Å². The van der Waals surface area contributed by atoms with Gasteiger partial charge in [-0.2, -0.15) is 0 Å². The highest BCUT2D eigenvalue weighted by Gasteiger charge is 2.35. The maximum Gasteiger partial charge on any atom is 0.225 e. The van der Waals surface area contributed by atoms with E-state index in [0.29, 0.717) is 12.8 Å². The molecule has 0 radical (unpaired) electrons. The molecule has 5 nitrogen and oxygen atoms in total. The molecule has 2 fully saturated rings. The van der Waals surface area contributed by atoms with Crippen LogP contribution in [0.3, 0.4) is 0 Å². The summed E-state index contributed by atoms with van der Waals surface area (Å²) in [5.41, 5.74) is 0. The Balaban J connectivity index is 1.99. The van der Waals surface area contributed by atoms with Crippen molar-refractivity contribution in [1.29, 1.82) is 0 Å². The van der Waals surface area contributed by atoms with E-state index in [1.807, 2.05) is 0 Å². The quantitative estimate of drug-likeness (QED) is 0.725. The Morgan fingerprint density at radius 2 is 2.21 bits per heavy atom. The van der Waals surface area contributed by atoms with Crippen molar-refractivity contribution in [2.75, 3.05) is 24.6 Å². The van der Waals surface area contributed by atoms with Gasteiger partial charge in [0, 0.05) is 18.5 Å². The minimum Gasteiger partial charge on any atom is -0.327 e. The second-order valence-electron chi connectivity index (χ2n) is 5.28. The predicted molar refractivity (Wildman–Crippen MR) is 73.2 cm³/mol. The first-order valence-electron chi connectivity index (χ1n) is 6.68. The summed E-state index contributed by atoms with van der Waals surface area (Å²) in [6.07, 6.45) is 8.31. The molecule has 0 bridgehead atoms. The predicted octanol–water partition coefficient (Wildman–Crippen LogP) is -0.223. The first-order chi connectivity index (χ1) is 9.02. The third kappa shape index (κ3) is 3.71. The summed E-state index contributed by atoms with van der Waals surface area (Å²) in [5, 5.41) is 3.27. The lowest BCUT2D eigenvalue weighted by Crippen LogP contribution is -2.43. The standard InChI is InChI=1S/C13H20N2O3S/c1-2-7-15(12-5-8-19(17,18)10-12)13(16)9-11-4-3-6-14-11/h1,11-12,14H,3-10H2. The zero-order valence-corrected chi connectivity index (χ0v) is 11.8. The minimum absolute atomic E-state index is 0.0283. The highest BCUT2D eigenvalue weighted by Crippen LogP contribution is 2.20. The summed E-state index contributed by atoms with van der Waals surface area (Å²) in [5.74, 6) is 2.65. The molecule has 6 heteroatoms. The van der Waals surface area contributed by atoms with Crippen molar-refractivity contribution >= 4 is 15.7 Å². The average Bonchev–Trinajstić information content (AvgIpc) is 2.95. The van der Waals surface area contributed by atoms with E-state index in [9.17, 15) is 13.2 Å². The molecule has 0 aromatic heterocycles. The van der Waals surface area contributed by atoms with E-state index in [-0.39, 0.29) is 36.0 Å². The number of nitrogens with zero attached hydrogens (tertiary/aromatic N) is 1. The van der Waals surface area contributed by atoms with E-state index in [4.69, 9.17) is 6.42 Å². The van der Waals surface area contributed by atoms with Crippen molar-refractivity contribution < 1.29 is 13.2 Å². The van der Waals surface area contributed by atoms with Gasteiger partial charge in [0.15, 0.2) is 9.84 Å². The zero-order chi connectivity index (χ0) is 13.9. The zero-order valence-electron chi connectivity index (χ0n) is 11.0. The van der Waals surface area contributed by atoms with Crippen molar-refractivity contribution in [1.82, 2.24) is 10.2 Å². The Bertz CT molecular complexity index is 475. The normalized spacial score (nSPS) is 29.0. The number of terminal acetylenes is 1. The van der Waals surface area contributed by atoms with Crippen LogP contribution in [0.2, 0.25) is 0 Å². The second kappa shape index (κ2) is 5.93. The van der Waals surface area contributed by atoms with Crippen LogP contribution in [0.1, 0.15) is 25.7 Å². The second-order valence-corrected chi connectivity index (χ2v) is 7.51.